The molecule has 0 bridgehead atoms. The lowest BCUT2D eigenvalue weighted by molar-refractivity contribution is -0.137. The summed E-state index contributed by atoms with van der Waals surface area (Å²) in [5, 5.41) is 1.47. The third-order valence-corrected chi connectivity index (χ3v) is 7.71. The first kappa shape index (κ1) is 23.8. The topological polar surface area (TPSA) is 93.5 Å². The van der Waals surface area contributed by atoms with Gasteiger partial charge in [0.15, 0.2) is 5.16 Å². The summed E-state index contributed by atoms with van der Waals surface area (Å²) < 4.78 is 71.2. The highest BCUT2D eigenvalue weighted by Gasteiger charge is 2.30. The molecular weight excluding hydrogens is 457 g/mol. The average Bonchev–Trinajstić information content (AvgIpc) is 3.08. The normalized spacial score (nSPS) is 17.1. The van der Waals surface area contributed by atoms with E-state index in [-0.39, 0.29) is 18.0 Å². The molecule has 1 aromatic carbocycles. The number of sulfonamides is 1. The smallest absolute Gasteiger partial charge is 0.379 e. The van der Waals surface area contributed by atoms with Crippen molar-refractivity contribution < 1.29 is 31.1 Å². The van der Waals surface area contributed by atoms with Gasteiger partial charge >= 0.3 is 6.18 Å². The van der Waals surface area contributed by atoms with E-state index in [2.05, 4.69) is 4.98 Å². The number of imidazole rings is 1. The molecule has 0 spiro atoms. The fourth-order valence-corrected chi connectivity index (χ4v) is 5.56. The summed E-state index contributed by atoms with van der Waals surface area (Å²) in [5.41, 5.74) is 1.11. The number of nitrogens with one attached hydrogen (secondary N) is 1. The van der Waals surface area contributed by atoms with Gasteiger partial charge < -0.3 is 14.6 Å². The van der Waals surface area contributed by atoms with Gasteiger partial charge in [0.25, 0.3) is 0 Å². The van der Waals surface area contributed by atoms with E-state index in [9.17, 15) is 26.4 Å². The number of carbonyl (C=O) groups excluding carboxylic acids is 1. The Morgan fingerprint density at radius 1 is 1.32 bits per heavy atom. The number of carbonyl (C=O) groups is 1. The van der Waals surface area contributed by atoms with Gasteiger partial charge in [-0.15, -0.1) is 0 Å². The number of benzene rings is 1. The molecule has 1 aliphatic heterocycles. The number of hydrogen-bond donors (Lipinski definition) is 1. The SMILES string of the molecule is CCn1c(SC(C)C(=O)NCC(F)(F)F)nc2cc(S(=O)(=O)N3CCOCC3)ccc21. The zero-order valence-electron chi connectivity index (χ0n) is 17.0. The molecule has 1 fully saturated rings. The van der Waals surface area contributed by atoms with E-state index in [1.165, 1.54) is 23.4 Å². The Morgan fingerprint density at radius 2 is 2.00 bits per heavy atom. The maximum Gasteiger partial charge on any atom is 0.405 e. The highest BCUT2D eigenvalue weighted by atomic mass is 32.2. The van der Waals surface area contributed by atoms with Gasteiger partial charge in [-0.2, -0.15) is 17.5 Å². The lowest BCUT2D eigenvalue weighted by Crippen LogP contribution is -2.40. The third-order valence-electron chi connectivity index (χ3n) is 4.72. The molecule has 8 nitrogen and oxygen atoms in total. The highest BCUT2D eigenvalue weighted by molar-refractivity contribution is 8.00. The fourth-order valence-electron chi connectivity index (χ4n) is 3.12. The second kappa shape index (κ2) is 9.35. The number of hydrogen-bond acceptors (Lipinski definition) is 6. The monoisotopic (exact) mass is 480 g/mol. The van der Waals surface area contributed by atoms with Crippen molar-refractivity contribution in [2.24, 2.45) is 0 Å². The summed E-state index contributed by atoms with van der Waals surface area (Å²) in [5.74, 6) is -0.757. The van der Waals surface area contributed by atoms with Crippen LogP contribution in [-0.4, -0.2) is 72.5 Å². The standard InChI is InChI=1S/C18H23F3N4O4S2/c1-3-25-15-5-4-13(31(27,28)24-6-8-29-9-7-24)10-14(15)23-17(25)30-12(2)16(26)22-11-18(19,20)21/h4-5,10,12H,3,6-9,11H2,1-2H3,(H,22,26). The third kappa shape index (κ3) is 5.51. The number of aryl methyl sites for hydroxylation is 1. The van der Waals surface area contributed by atoms with E-state index in [4.69, 9.17) is 4.74 Å². The number of halogens is 3. The number of alkyl halides is 3. The molecular formula is C18H23F3N4O4S2. The molecule has 1 N–H and O–H groups in total. The molecule has 1 atom stereocenters. The predicted octanol–water partition coefficient (Wildman–Crippen LogP) is 2.24. The fraction of sp³-hybridized carbons (Fsp3) is 0.556. The first-order chi connectivity index (χ1) is 14.5. The van der Waals surface area contributed by atoms with Crippen LogP contribution in [0.25, 0.3) is 11.0 Å². The minimum Gasteiger partial charge on any atom is -0.379 e. The molecule has 1 saturated heterocycles. The van der Waals surface area contributed by atoms with Crippen molar-refractivity contribution in [1.82, 2.24) is 19.2 Å². The molecule has 1 aliphatic rings. The number of ether oxygens (including phenoxy) is 1. The number of rotatable bonds is 7. The van der Waals surface area contributed by atoms with Crippen LogP contribution in [0.4, 0.5) is 13.2 Å². The molecule has 1 amide bonds. The van der Waals surface area contributed by atoms with Gasteiger partial charge in [0.05, 0.1) is 34.4 Å². The summed E-state index contributed by atoms with van der Waals surface area (Å²) in [6.07, 6.45) is -4.49. The van der Waals surface area contributed by atoms with Gasteiger partial charge in [0, 0.05) is 19.6 Å². The van der Waals surface area contributed by atoms with Crippen LogP contribution in [0.5, 0.6) is 0 Å². The van der Waals surface area contributed by atoms with Crippen LogP contribution < -0.4 is 5.32 Å². The van der Waals surface area contributed by atoms with Crippen LogP contribution in [0.15, 0.2) is 28.3 Å². The molecule has 0 radical (unpaired) electrons. The van der Waals surface area contributed by atoms with Crippen LogP contribution in [0.2, 0.25) is 0 Å². The number of thioether (sulfide) groups is 1. The molecule has 1 aromatic heterocycles. The minimum atomic E-state index is -4.49. The van der Waals surface area contributed by atoms with Crippen LogP contribution in [0.1, 0.15) is 13.8 Å². The highest BCUT2D eigenvalue weighted by Crippen LogP contribution is 2.29. The summed E-state index contributed by atoms with van der Waals surface area (Å²) in [6.45, 7) is 3.66. The molecule has 2 aromatic rings. The Morgan fingerprint density at radius 3 is 2.61 bits per heavy atom. The second-order valence-corrected chi connectivity index (χ2v) is 10.1. The number of morpholine rings is 1. The Labute approximate surface area is 182 Å². The largest absolute Gasteiger partial charge is 0.405 e. The van der Waals surface area contributed by atoms with Gasteiger partial charge in [-0.1, -0.05) is 11.8 Å². The van der Waals surface area contributed by atoms with Crippen LogP contribution in [0.3, 0.4) is 0 Å². The Bertz CT molecular complexity index is 1050. The zero-order chi connectivity index (χ0) is 22.8. The van der Waals surface area contributed by atoms with Crippen molar-refractivity contribution in [3.05, 3.63) is 18.2 Å². The van der Waals surface area contributed by atoms with E-state index in [0.29, 0.717) is 35.9 Å². The van der Waals surface area contributed by atoms with E-state index in [1.54, 1.807) is 10.6 Å². The lowest BCUT2D eigenvalue weighted by atomic mass is 10.3. The molecule has 2 heterocycles. The van der Waals surface area contributed by atoms with Gasteiger partial charge in [-0.3, -0.25) is 4.79 Å². The Balaban J connectivity index is 1.84. The number of amides is 1. The summed E-state index contributed by atoms with van der Waals surface area (Å²) >= 11 is 1.02. The zero-order valence-corrected chi connectivity index (χ0v) is 18.6. The van der Waals surface area contributed by atoms with Crippen LogP contribution >= 0.6 is 11.8 Å². The maximum atomic E-state index is 12.9. The minimum absolute atomic E-state index is 0.107. The van der Waals surface area contributed by atoms with Crippen molar-refractivity contribution in [3.8, 4) is 0 Å². The van der Waals surface area contributed by atoms with Crippen molar-refractivity contribution in [2.75, 3.05) is 32.8 Å². The van der Waals surface area contributed by atoms with E-state index in [1.807, 2.05) is 12.2 Å². The van der Waals surface area contributed by atoms with Gasteiger partial charge in [0.1, 0.15) is 6.54 Å². The summed E-state index contributed by atoms with van der Waals surface area (Å²) in [6, 6.07) is 4.64. The maximum absolute atomic E-state index is 12.9. The molecule has 0 aliphatic carbocycles. The van der Waals surface area contributed by atoms with Gasteiger partial charge in [-0.25, -0.2) is 13.4 Å². The van der Waals surface area contributed by atoms with Crippen molar-refractivity contribution >= 4 is 38.7 Å². The van der Waals surface area contributed by atoms with E-state index >= 15 is 0 Å². The number of aromatic nitrogens is 2. The number of nitrogens with zero attached hydrogens (tertiary/aromatic N) is 3. The van der Waals surface area contributed by atoms with Crippen molar-refractivity contribution in [1.29, 1.82) is 0 Å². The lowest BCUT2D eigenvalue weighted by Gasteiger charge is -2.26. The van der Waals surface area contributed by atoms with Crippen molar-refractivity contribution in [2.45, 2.75) is 41.9 Å². The van der Waals surface area contributed by atoms with Crippen LogP contribution in [0, 0.1) is 0 Å². The first-order valence-electron chi connectivity index (χ1n) is 9.62. The predicted molar refractivity (Wildman–Crippen MR) is 109 cm³/mol. The molecule has 31 heavy (non-hydrogen) atoms. The second-order valence-electron chi connectivity index (χ2n) is 6.90. The van der Waals surface area contributed by atoms with E-state index < -0.39 is 33.9 Å². The molecule has 1 unspecified atom stereocenters. The Hall–Kier alpha value is -1.83. The van der Waals surface area contributed by atoms with Crippen molar-refractivity contribution in [3.63, 3.8) is 0 Å². The van der Waals surface area contributed by atoms with Crippen LogP contribution in [-0.2, 0) is 26.1 Å². The molecule has 3 rings (SSSR count). The molecule has 0 saturated carbocycles. The average molecular weight is 481 g/mol. The first-order valence-corrected chi connectivity index (χ1v) is 11.9. The quantitative estimate of drug-likeness (QED) is 0.611. The summed E-state index contributed by atoms with van der Waals surface area (Å²) in [7, 11) is -3.70. The molecule has 13 heteroatoms. The summed E-state index contributed by atoms with van der Waals surface area (Å²) in [4.78, 5) is 16.6. The van der Waals surface area contributed by atoms with E-state index in [0.717, 1.165) is 11.8 Å². The van der Waals surface area contributed by atoms with Gasteiger partial charge in [-0.05, 0) is 32.0 Å². The number of fused-ring (bicyclic) bond motifs is 1. The van der Waals surface area contributed by atoms with Gasteiger partial charge in [0.2, 0.25) is 15.9 Å². The Kier molecular flexibility index (Phi) is 7.18. The molecule has 172 valence electrons.